The number of hydrogen-bond acceptors (Lipinski definition) is 2. The monoisotopic (exact) mass is 303 g/mol. The Labute approximate surface area is 115 Å². The van der Waals surface area contributed by atoms with Crippen LogP contribution < -0.4 is 10.1 Å². The number of hydrogen-bond donors (Lipinski definition) is 1. The molecule has 2 aromatic carbocycles. The molecule has 2 aromatic rings. The van der Waals surface area contributed by atoms with E-state index < -0.39 is 0 Å². The molecule has 0 atom stereocenters. The van der Waals surface area contributed by atoms with Gasteiger partial charge in [0.25, 0.3) is 0 Å². The van der Waals surface area contributed by atoms with Gasteiger partial charge in [-0.1, -0.05) is 34.1 Å². The van der Waals surface area contributed by atoms with E-state index in [0.29, 0.717) is 0 Å². The van der Waals surface area contributed by atoms with Crippen molar-refractivity contribution in [1.29, 1.82) is 0 Å². The molecule has 0 amide bonds. The maximum atomic E-state index is 5.50. The maximum Gasteiger partial charge on any atom is 0.122 e. The Balaban J connectivity index is 1.72. The molecule has 1 N–H and O–H groups in total. The van der Waals surface area contributed by atoms with E-state index in [2.05, 4.69) is 51.6 Å². The molecule has 0 unspecified atom stereocenters. The first-order valence-electron chi connectivity index (χ1n) is 6.06. The summed E-state index contributed by atoms with van der Waals surface area (Å²) in [4.78, 5) is 0. The first-order valence-corrected chi connectivity index (χ1v) is 6.85. The standard InChI is InChI=1S/C15H14BrNO/c16-14-4-2-1-3-12(14)10-17-13-5-6-15-11(9-13)7-8-18-15/h1-6,9,17H,7-8,10H2. The number of ether oxygens (including phenoxy) is 1. The Hall–Kier alpha value is -1.48. The Morgan fingerprint density at radius 1 is 1.17 bits per heavy atom. The van der Waals surface area contributed by atoms with Crippen molar-refractivity contribution in [3.63, 3.8) is 0 Å². The van der Waals surface area contributed by atoms with Crippen molar-refractivity contribution in [2.24, 2.45) is 0 Å². The zero-order chi connectivity index (χ0) is 12.4. The van der Waals surface area contributed by atoms with Gasteiger partial charge >= 0.3 is 0 Å². The quantitative estimate of drug-likeness (QED) is 0.925. The van der Waals surface area contributed by atoms with E-state index in [1.165, 1.54) is 11.1 Å². The molecule has 3 heteroatoms. The molecule has 1 aliphatic rings. The van der Waals surface area contributed by atoms with Crippen molar-refractivity contribution in [3.05, 3.63) is 58.1 Å². The molecule has 0 radical (unpaired) electrons. The minimum atomic E-state index is 0.809. The predicted octanol–water partition coefficient (Wildman–Crippen LogP) is 4.00. The molecule has 18 heavy (non-hydrogen) atoms. The molecule has 0 fully saturated rings. The van der Waals surface area contributed by atoms with Crippen LogP contribution in [0.5, 0.6) is 5.75 Å². The van der Waals surface area contributed by atoms with Crippen LogP contribution in [0.4, 0.5) is 5.69 Å². The maximum absolute atomic E-state index is 5.50. The second-order valence-corrected chi connectivity index (χ2v) is 5.22. The normalized spacial score (nSPS) is 12.9. The van der Waals surface area contributed by atoms with Crippen molar-refractivity contribution >= 4 is 21.6 Å². The lowest BCUT2D eigenvalue weighted by Gasteiger charge is -2.09. The molecule has 2 nitrogen and oxygen atoms in total. The van der Waals surface area contributed by atoms with E-state index in [4.69, 9.17) is 4.74 Å². The summed E-state index contributed by atoms with van der Waals surface area (Å²) < 4.78 is 6.64. The van der Waals surface area contributed by atoms with Gasteiger partial charge in [-0.05, 0) is 35.4 Å². The van der Waals surface area contributed by atoms with Gasteiger partial charge in [0.15, 0.2) is 0 Å². The van der Waals surface area contributed by atoms with Crippen molar-refractivity contribution in [2.45, 2.75) is 13.0 Å². The lowest BCUT2D eigenvalue weighted by Crippen LogP contribution is -2.00. The molecule has 1 heterocycles. The van der Waals surface area contributed by atoms with Crippen LogP contribution in [0.1, 0.15) is 11.1 Å². The van der Waals surface area contributed by atoms with E-state index in [0.717, 1.165) is 35.5 Å². The Kier molecular flexibility index (Phi) is 3.24. The van der Waals surface area contributed by atoms with Gasteiger partial charge in [-0.3, -0.25) is 0 Å². The zero-order valence-electron chi connectivity index (χ0n) is 9.95. The van der Waals surface area contributed by atoms with Crippen LogP contribution in [0.15, 0.2) is 46.9 Å². The summed E-state index contributed by atoms with van der Waals surface area (Å²) >= 11 is 3.56. The Morgan fingerprint density at radius 2 is 2.06 bits per heavy atom. The van der Waals surface area contributed by atoms with Crippen LogP contribution in [-0.4, -0.2) is 6.61 Å². The van der Waals surface area contributed by atoms with E-state index >= 15 is 0 Å². The number of benzene rings is 2. The van der Waals surface area contributed by atoms with Crippen LogP contribution in [0.25, 0.3) is 0 Å². The van der Waals surface area contributed by atoms with Gasteiger partial charge in [-0.15, -0.1) is 0 Å². The van der Waals surface area contributed by atoms with E-state index in [9.17, 15) is 0 Å². The third-order valence-electron chi connectivity index (χ3n) is 3.13. The van der Waals surface area contributed by atoms with Crippen LogP contribution in [0.2, 0.25) is 0 Å². The molecule has 0 saturated heterocycles. The van der Waals surface area contributed by atoms with Gasteiger partial charge in [-0.2, -0.15) is 0 Å². The molecular weight excluding hydrogens is 290 g/mol. The van der Waals surface area contributed by atoms with Crippen molar-refractivity contribution in [3.8, 4) is 5.75 Å². The number of rotatable bonds is 3. The highest BCUT2D eigenvalue weighted by molar-refractivity contribution is 9.10. The highest BCUT2D eigenvalue weighted by Gasteiger charge is 2.11. The summed E-state index contributed by atoms with van der Waals surface area (Å²) in [6, 6.07) is 14.6. The third-order valence-corrected chi connectivity index (χ3v) is 3.90. The SMILES string of the molecule is Brc1ccccc1CNc1ccc2c(c1)CCO2. The van der Waals surface area contributed by atoms with Crippen LogP contribution in [0.3, 0.4) is 0 Å². The second kappa shape index (κ2) is 5.02. The smallest absolute Gasteiger partial charge is 0.122 e. The van der Waals surface area contributed by atoms with Crippen molar-refractivity contribution in [2.75, 3.05) is 11.9 Å². The first kappa shape index (κ1) is 11.6. The summed E-state index contributed by atoms with van der Waals surface area (Å²) in [5.74, 6) is 1.03. The Bertz CT molecular complexity index is 568. The largest absolute Gasteiger partial charge is 0.493 e. The van der Waals surface area contributed by atoms with E-state index in [1.54, 1.807) is 0 Å². The number of anilines is 1. The second-order valence-electron chi connectivity index (χ2n) is 4.37. The average Bonchev–Trinajstić information content (AvgIpc) is 2.85. The van der Waals surface area contributed by atoms with Crippen LogP contribution in [0, 0.1) is 0 Å². The van der Waals surface area contributed by atoms with E-state index in [1.807, 2.05) is 12.1 Å². The van der Waals surface area contributed by atoms with Crippen molar-refractivity contribution in [1.82, 2.24) is 0 Å². The highest BCUT2D eigenvalue weighted by atomic mass is 79.9. The molecule has 3 rings (SSSR count). The lowest BCUT2D eigenvalue weighted by molar-refractivity contribution is 0.357. The Morgan fingerprint density at radius 3 is 2.94 bits per heavy atom. The molecule has 92 valence electrons. The average molecular weight is 304 g/mol. The van der Waals surface area contributed by atoms with Gasteiger partial charge in [0.1, 0.15) is 5.75 Å². The van der Waals surface area contributed by atoms with Gasteiger partial charge in [-0.25, -0.2) is 0 Å². The molecule has 0 spiro atoms. The molecular formula is C15H14BrNO. The fourth-order valence-electron chi connectivity index (χ4n) is 2.14. The summed E-state index contributed by atoms with van der Waals surface area (Å²) in [6.07, 6.45) is 1.01. The molecule has 0 bridgehead atoms. The third kappa shape index (κ3) is 2.36. The minimum Gasteiger partial charge on any atom is -0.493 e. The van der Waals surface area contributed by atoms with Gasteiger partial charge in [0.05, 0.1) is 6.61 Å². The zero-order valence-corrected chi connectivity index (χ0v) is 11.5. The summed E-state index contributed by atoms with van der Waals surface area (Å²) in [7, 11) is 0. The topological polar surface area (TPSA) is 21.3 Å². The van der Waals surface area contributed by atoms with Crippen LogP contribution >= 0.6 is 15.9 Å². The highest BCUT2D eigenvalue weighted by Crippen LogP contribution is 2.28. The van der Waals surface area contributed by atoms with E-state index in [-0.39, 0.29) is 0 Å². The summed E-state index contributed by atoms with van der Waals surface area (Å²) in [5.41, 5.74) is 3.70. The molecule has 0 aromatic heterocycles. The number of fused-ring (bicyclic) bond motifs is 1. The molecule has 1 aliphatic heterocycles. The molecule has 0 saturated carbocycles. The number of halogens is 1. The first-order chi connectivity index (χ1) is 8.83. The van der Waals surface area contributed by atoms with Gasteiger partial charge < -0.3 is 10.1 Å². The summed E-state index contributed by atoms with van der Waals surface area (Å²) in [6.45, 7) is 1.63. The van der Waals surface area contributed by atoms with Gasteiger partial charge in [0.2, 0.25) is 0 Å². The van der Waals surface area contributed by atoms with Gasteiger partial charge in [0, 0.05) is 23.1 Å². The lowest BCUT2D eigenvalue weighted by atomic mass is 10.1. The fraction of sp³-hybridized carbons (Fsp3) is 0.200. The molecule has 0 aliphatic carbocycles. The predicted molar refractivity (Wildman–Crippen MR) is 77.1 cm³/mol. The van der Waals surface area contributed by atoms with Crippen LogP contribution in [-0.2, 0) is 13.0 Å². The minimum absolute atomic E-state index is 0.809. The fourth-order valence-corrected chi connectivity index (χ4v) is 2.56. The number of nitrogens with one attached hydrogen (secondary N) is 1. The summed E-state index contributed by atoms with van der Waals surface area (Å²) in [5, 5.41) is 3.45. The van der Waals surface area contributed by atoms with Crippen molar-refractivity contribution < 1.29 is 4.74 Å².